The van der Waals surface area contributed by atoms with Crippen LogP contribution in [0.5, 0.6) is 5.88 Å². The van der Waals surface area contributed by atoms with E-state index >= 15 is 0 Å². The van der Waals surface area contributed by atoms with E-state index in [0.717, 1.165) is 11.3 Å². The predicted molar refractivity (Wildman–Crippen MR) is 81.0 cm³/mol. The monoisotopic (exact) mass is 346 g/mol. The van der Waals surface area contributed by atoms with Crippen molar-refractivity contribution in [1.82, 2.24) is 4.98 Å². The standard InChI is InChI=1S/C11H5Cl3N4OS/c12-5-1-6(13)10(7(14)2-5)18-17-8(3-15)11-16-9(19)4-20-11/h1-2,4,18-19H/b17-8-. The highest BCUT2D eigenvalue weighted by molar-refractivity contribution is 7.12. The maximum atomic E-state index is 9.16. The van der Waals surface area contributed by atoms with E-state index in [9.17, 15) is 0 Å². The molecule has 1 aromatic heterocycles. The van der Waals surface area contributed by atoms with Crippen LogP contribution in [0.4, 0.5) is 5.69 Å². The summed E-state index contributed by atoms with van der Waals surface area (Å²) < 4.78 is 0. The maximum Gasteiger partial charge on any atom is 0.222 e. The number of nitriles is 1. The minimum atomic E-state index is -0.171. The molecule has 2 rings (SSSR count). The van der Waals surface area contributed by atoms with E-state index in [1.807, 2.05) is 6.07 Å². The number of benzene rings is 1. The van der Waals surface area contributed by atoms with Crippen molar-refractivity contribution in [1.29, 1.82) is 5.26 Å². The van der Waals surface area contributed by atoms with E-state index in [-0.39, 0.29) is 26.6 Å². The minimum Gasteiger partial charge on any atom is -0.493 e. The molecule has 102 valence electrons. The summed E-state index contributed by atoms with van der Waals surface area (Å²) in [5, 5.41) is 24.7. The Morgan fingerprint density at radius 3 is 2.50 bits per heavy atom. The lowest BCUT2D eigenvalue weighted by atomic mass is 10.3. The van der Waals surface area contributed by atoms with Gasteiger partial charge in [-0.25, -0.2) is 0 Å². The summed E-state index contributed by atoms with van der Waals surface area (Å²) in [4.78, 5) is 3.75. The molecule has 0 atom stereocenters. The molecule has 0 aliphatic carbocycles. The molecule has 5 nitrogen and oxygen atoms in total. The molecule has 0 unspecified atom stereocenters. The SMILES string of the molecule is N#C/C(=N/Nc1c(Cl)cc(Cl)cc1Cl)c1nc(O)cs1. The molecule has 0 fully saturated rings. The lowest BCUT2D eigenvalue weighted by Crippen LogP contribution is -2.01. The van der Waals surface area contributed by atoms with Gasteiger partial charge in [0.1, 0.15) is 6.07 Å². The number of hydrogen-bond acceptors (Lipinski definition) is 6. The van der Waals surface area contributed by atoms with Gasteiger partial charge in [-0.2, -0.15) is 15.3 Å². The molecule has 0 saturated carbocycles. The molecular formula is C11H5Cl3N4OS. The lowest BCUT2D eigenvalue weighted by molar-refractivity contribution is 0.457. The van der Waals surface area contributed by atoms with Crippen molar-refractivity contribution in [2.45, 2.75) is 0 Å². The first kappa shape index (κ1) is 14.9. The second-order valence-electron chi connectivity index (χ2n) is 3.44. The molecule has 0 aliphatic rings. The smallest absolute Gasteiger partial charge is 0.222 e. The number of halogens is 3. The van der Waals surface area contributed by atoms with Crippen molar-refractivity contribution in [3.8, 4) is 11.9 Å². The van der Waals surface area contributed by atoms with Crippen molar-refractivity contribution in [2.24, 2.45) is 5.10 Å². The van der Waals surface area contributed by atoms with Gasteiger partial charge in [0.05, 0.1) is 21.1 Å². The Labute approximate surface area is 133 Å². The molecule has 0 amide bonds. The van der Waals surface area contributed by atoms with Gasteiger partial charge in [-0.05, 0) is 12.1 Å². The van der Waals surface area contributed by atoms with Crippen LogP contribution in [0.1, 0.15) is 5.01 Å². The molecule has 0 spiro atoms. The van der Waals surface area contributed by atoms with Crippen molar-refractivity contribution < 1.29 is 5.11 Å². The van der Waals surface area contributed by atoms with Gasteiger partial charge >= 0.3 is 0 Å². The molecule has 2 aromatic rings. The summed E-state index contributed by atoms with van der Waals surface area (Å²) >= 11 is 18.8. The molecule has 0 bridgehead atoms. The number of aromatic hydroxyl groups is 1. The first-order valence-corrected chi connectivity index (χ1v) is 7.06. The number of anilines is 1. The molecule has 1 heterocycles. The minimum absolute atomic E-state index is 0.00242. The van der Waals surface area contributed by atoms with E-state index in [2.05, 4.69) is 15.5 Å². The Hall–Kier alpha value is -1.52. The average molecular weight is 348 g/mol. The second kappa shape index (κ2) is 6.29. The highest BCUT2D eigenvalue weighted by Crippen LogP contribution is 2.33. The van der Waals surface area contributed by atoms with Crippen LogP contribution in [0.2, 0.25) is 15.1 Å². The normalized spacial score (nSPS) is 11.2. The summed E-state index contributed by atoms with van der Waals surface area (Å²) in [5.74, 6) is -0.171. The Balaban J connectivity index is 2.31. The van der Waals surface area contributed by atoms with Crippen LogP contribution in [-0.2, 0) is 0 Å². The molecule has 0 saturated heterocycles. The van der Waals surface area contributed by atoms with Gasteiger partial charge in [0, 0.05) is 5.02 Å². The van der Waals surface area contributed by atoms with Crippen molar-refractivity contribution >= 4 is 57.5 Å². The third-order valence-electron chi connectivity index (χ3n) is 2.09. The lowest BCUT2D eigenvalue weighted by Gasteiger charge is -2.06. The van der Waals surface area contributed by atoms with Crippen LogP contribution < -0.4 is 5.43 Å². The fourth-order valence-corrected chi connectivity index (χ4v) is 2.78. The van der Waals surface area contributed by atoms with E-state index in [0.29, 0.717) is 10.7 Å². The summed E-state index contributed by atoms with van der Waals surface area (Å²) in [5.41, 5.74) is 2.92. The summed E-state index contributed by atoms with van der Waals surface area (Å²) in [6.07, 6.45) is 0. The third-order valence-corrected chi connectivity index (χ3v) is 3.74. The van der Waals surface area contributed by atoms with Crippen LogP contribution in [0, 0.1) is 11.3 Å². The van der Waals surface area contributed by atoms with E-state index in [1.54, 1.807) is 0 Å². The molecular weight excluding hydrogens is 343 g/mol. The molecule has 1 aromatic carbocycles. The van der Waals surface area contributed by atoms with Crippen LogP contribution in [0.25, 0.3) is 0 Å². The predicted octanol–water partition coefficient (Wildman–Crippen LogP) is 4.15. The van der Waals surface area contributed by atoms with Gasteiger partial charge in [-0.1, -0.05) is 34.8 Å². The summed E-state index contributed by atoms with van der Waals surface area (Å²) in [6.45, 7) is 0. The fraction of sp³-hybridized carbons (Fsp3) is 0. The van der Waals surface area contributed by atoms with E-state index in [4.69, 9.17) is 45.2 Å². The number of nitrogens with one attached hydrogen (secondary N) is 1. The Morgan fingerprint density at radius 1 is 1.35 bits per heavy atom. The fourth-order valence-electron chi connectivity index (χ4n) is 1.26. The largest absolute Gasteiger partial charge is 0.493 e. The molecule has 0 radical (unpaired) electrons. The zero-order valence-corrected chi connectivity index (χ0v) is 12.6. The molecule has 2 N–H and O–H groups in total. The van der Waals surface area contributed by atoms with Gasteiger partial charge in [0.15, 0.2) is 10.7 Å². The Kier molecular flexibility index (Phi) is 4.68. The van der Waals surface area contributed by atoms with Crippen molar-refractivity contribution in [3.05, 3.63) is 37.6 Å². The number of aromatic nitrogens is 1. The molecule has 9 heteroatoms. The second-order valence-corrected chi connectivity index (χ2v) is 5.55. The number of nitrogens with zero attached hydrogens (tertiary/aromatic N) is 3. The van der Waals surface area contributed by atoms with E-state index < -0.39 is 0 Å². The van der Waals surface area contributed by atoms with Gasteiger partial charge in [0.25, 0.3) is 0 Å². The van der Waals surface area contributed by atoms with E-state index in [1.165, 1.54) is 17.5 Å². The topological polar surface area (TPSA) is 81.3 Å². The Morgan fingerprint density at radius 2 is 2.00 bits per heavy atom. The average Bonchev–Trinajstić information content (AvgIpc) is 2.79. The van der Waals surface area contributed by atoms with Gasteiger partial charge in [-0.3, -0.25) is 5.43 Å². The van der Waals surface area contributed by atoms with Crippen molar-refractivity contribution in [3.63, 3.8) is 0 Å². The third kappa shape index (κ3) is 3.32. The summed E-state index contributed by atoms with van der Waals surface area (Å²) in [6, 6.07) is 4.85. The number of hydrogen-bond donors (Lipinski definition) is 2. The zero-order valence-electron chi connectivity index (χ0n) is 9.56. The van der Waals surface area contributed by atoms with Crippen molar-refractivity contribution in [2.75, 3.05) is 5.43 Å². The highest BCUT2D eigenvalue weighted by Gasteiger charge is 2.11. The molecule has 20 heavy (non-hydrogen) atoms. The quantitative estimate of drug-likeness (QED) is 0.645. The van der Waals surface area contributed by atoms with Gasteiger partial charge in [-0.15, -0.1) is 11.3 Å². The number of thiazole rings is 1. The number of hydrazone groups is 1. The summed E-state index contributed by atoms with van der Waals surface area (Å²) in [7, 11) is 0. The maximum absolute atomic E-state index is 9.16. The van der Waals surface area contributed by atoms with Crippen LogP contribution >= 0.6 is 46.1 Å². The van der Waals surface area contributed by atoms with Crippen LogP contribution in [0.3, 0.4) is 0 Å². The zero-order chi connectivity index (χ0) is 14.7. The Bertz CT molecular complexity index is 700. The van der Waals surface area contributed by atoms with Gasteiger partial charge < -0.3 is 5.11 Å². The number of rotatable bonds is 3. The van der Waals surface area contributed by atoms with Crippen LogP contribution in [-0.4, -0.2) is 15.8 Å². The first-order chi connectivity index (χ1) is 9.51. The molecule has 0 aliphatic heterocycles. The highest BCUT2D eigenvalue weighted by atomic mass is 35.5. The van der Waals surface area contributed by atoms with Crippen LogP contribution in [0.15, 0.2) is 22.6 Å². The van der Waals surface area contributed by atoms with Gasteiger partial charge in [0.2, 0.25) is 5.88 Å². The first-order valence-electron chi connectivity index (χ1n) is 5.04.